The zero-order valence-electron chi connectivity index (χ0n) is 21.2. The number of aromatic nitrogens is 1. The Balaban J connectivity index is 1.44. The Bertz CT molecular complexity index is 1490. The van der Waals surface area contributed by atoms with Crippen molar-refractivity contribution in [2.45, 2.75) is 26.6 Å². The maximum atomic E-state index is 13.9. The largest absolute Gasteiger partial charge is 0.341 e. The van der Waals surface area contributed by atoms with E-state index in [1.807, 2.05) is 43.3 Å². The Morgan fingerprint density at radius 1 is 0.919 bits per heavy atom. The van der Waals surface area contributed by atoms with E-state index in [0.717, 1.165) is 29.1 Å². The van der Waals surface area contributed by atoms with Gasteiger partial charge < -0.3 is 19.7 Å². The van der Waals surface area contributed by atoms with E-state index < -0.39 is 0 Å². The highest BCUT2D eigenvalue weighted by atomic mass is 35.5. The van der Waals surface area contributed by atoms with Crippen molar-refractivity contribution in [2.75, 3.05) is 24.3 Å². The molecule has 188 valence electrons. The average molecular weight is 513 g/mol. The van der Waals surface area contributed by atoms with Gasteiger partial charge in [0.1, 0.15) is 0 Å². The fourth-order valence-corrected chi connectivity index (χ4v) is 5.07. The first kappa shape index (κ1) is 24.8. The van der Waals surface area contributed by atoms with Crippen LogP contribution in [-0.4, -0.2) is 35.4 Å². The molecule has 6 nitrogen and oxygen atoms in total. The number of aryl methyl sites for hydroxylation is 1. The lowest BCUT2D eigenvalue weighted by Crippen LogP contribution is -2.31. The summed E-state index contributed by atoms with van der Waals surface area (Å²) < 4.78 is 2.29. The molecule has 0 radical (unpaired) electrons. The third-order valence-corrected chi connectivity index (χ3v) is 6.98. The number of hydrogen-bond acceptors (Lipinski definition) is 3. The SMILES string of the molecule is Cc1ccccc1C(=O)Nc1ccc(C(=O)N2Cc3ccc(CN(C)C)n3Cc3ccccc32)c(Cl)c1. The molecule has 1 aliphatic heterocycles. The number of benzene rings is 3. The minimum Gasteiger partial charge on any atom is -0.341 e. The van der Waals surface area contributed by atoms with Crippen molar-refractivity contribution in [3.05, 3.63) is 118 Å². The Morgan fingerprint density at radius 3 is 2.43 bits per heavy atom. The number of halogens is 1. The van der Waals surface area contributed by atoms with Gasteiger partial charge in [-0.05, 0) is 74.6 Å². The van der Waals surface area contributed by atoms with Gasteiger partial charge in [-0.1, -0.05) is 48.0 Å². The third-order valence-electron chi connectivity index (χ3n) is 6.66. The second kappa shape index (κ2) is 10.2. The van der Waals surface area contributed by atoms with Crippen molar-refractivity contribution in [3.63, 3.8) is 0 Å². The van der Waals surface area contributed by atoms with Crippen molar-refractivity contribution in [3.8, 4) is 0 Å². The fourth-order valence-electron chi connectivity index (χ4n) is 4.80. The molecule has 1 aromatic heterocycles. The Labute approximate surface area is 222 Å². The van der Waals surface area contributed by atoms with Crippen LogP contribution in [0.5, 0.6) is 0 Å². The molecule has 0 aliphatic carbocycles. The molecule has 0 spiro atoms. The number of nitrogens with zero attached hydrogens (tertiary/aromatic N) is 3. The molecule has 2 amide bonds. The first-order chi connectivity index (χ1) is 17.8. The van der Waals surface area contributed by atoms with Crippen LogP contribution in [-0.2, 0) is 19.6 Å². The lowest BCUT2D eigenvalue weighted by molar-refractivity contribution is 0.0984. The van der Waals surface area contributed by atoms with Gasteiger partial charge in [-0.15, -0.1) is 0 Å². The van der Waals surface area contributed by atoms with Gasteiger partial charge in [0.05, 0.1) is 17.1 Å². The van der Waals surface area contributed by atoms with Gasteiger partial charge >= 0.3 is 0 Å². The molecule has 1 aliphatic rings. The molecule has 4 aromatic rings. The van der Waals surface area contributed by atoms with Crippen LogP contribution in [0.2, 0.25) is 5.02 Å². The van der Waals surface area contributed by atoms with E-state index in [4.69, 9.17) is 11.6 Å². The van der Waals surface area contributed by atoms with Crippen molar-refractivity contribution in [1.29, 1.82) is 0 Å². The molecule has 5 rings (SSSR count). The van der Waals surface area contributed by atoms with Gasteiger partial charge in [-0.3, -0.25) is 9.59 Å². The van der Waals surface area contributed by atoms with E-state index in [1.54, 1.807) is 29.2 Å². The summed E-state index contributed by atoms with van der Waals surface area (Å²) in [5.74, 6) is -0.401. The van der Waals surface area contributed by atoms with Gasteiger partial charge in [0.25, 0.3) is 11.8 Å². The minimum absolute atomic E-state index is 0.182. The van der Waals surface area contributed by atoms with E-state index in [-0.39, 0.29) is 16.8 Å². The van der Waals surface area contributed by atoms with E-state index in [9.17, 15) is 9.59 Å². The highest BCUT2D eigenvalue weighted by Crippen LogP contribution is 2.32. The highest BCUT2D eigenvalue weighted by Gasteiger charge is 2.27. The molecular weight excluding hydrogens is 484 g/mol. The second-order valence-corrected chi connectivity index (χ2v) is 10.0. The molecule has 0 saturated carbocycles. The van der Waals surface area contributed by atoms with E-state index in [1.165, 1.54) is 5.69 Å². The number of amides is 2. The lowest BCUT2D eigenvalue weighted by atomic mass is 10.1. The quantitative estimate of drug-likeness (QED) is 0.358. The molecule has 0 unspecified atom stereocenters. The van der Waals surface area contributed by atoms with Crippen molar-refractivity contribution >= 4 is 34.8 Å². The molecule has 2 heterocycles. The number of fused-ring (bicyclic) bond motifs is 2. The summed E-state index contributed by atoms with van der Waals surface area (Å²) in [7, 11) is 4.10. The van der Waals surface area contributed by atoms with Crippen LogP contribution in [0, 0.1) is 6.92 Å². The normalized spacial score (nSPS) is 12.6. The van der Waals surface area contributed by atoms with E-state index in [0.29, 0.717) is 29.9 Å². The van der Waals surface area contributed by atoms with Crippen LogP contribution in [0.15, 0.2) is 78.9 Å². The standard InChI is InChI=1S/C30H29ClN4O2/c1-20-8-4-6-10-25(20)29(36)32-22-12-15-26(27(31)16-22)30(37)35-19-24-14-13-23(18-33(2)3)34(24)17-21-9-5-7-11-28(21)35/h4-16H,17-19H2,1-3H3,(H,32,36). The van der Waals surface area contributed by atoms with Gasteiger partial charge in [0.2, 0.25) is 0 Å². The van der Waals surface area contributed by atoms with Gasteiger partial charge in [0, 0.05) is 41.4 Å². The molecule has 0 saturated heterocycles. The molecule has 7 heteroatoms. The Morgan fingerprint density at radius 2 is 1.68 bits per heavy atom. The van der Waals surface area contributed by atoms with Crippen LogP contribution < -0.4 is 10.2 Å². The summed E-state index contributed by atoms with van der Waals surface area (Å²) in [6, 6.07) is 24.6. The van der Waals surface area contributed by atoms with Crippen molar-refractivity contribution in [2.24, 2.45) is 0 Å². The fraction of sp³-hybridized carbons (Fsp3) is 0.200. The van der Waals surface area contributed by atoms with Gasteiger partial charge in [-0.25, -0.2) is 0 Å². The number of rotatable bonds is 5. The molecule has 0 bridgehead atoms. The lowest BCUT2D eigenvalue weighted by Gasteiger charge is -2.23. The number of nitrogens with one attached hydrogen (secondary N) is 1. The first-order valence-corrected chi connectivity index (χ1v) is 12.6. The van der Waals surface area contributed by atoms with E-state index in [2.05, 4.69) is 47.1 Å². The van der Waals surface area contributed by atoms with Crippen LogP contribution in [0.4, 0.5) is 11.4 Å². The Kier molecular flexibility index (Phi) is 6.87. The zero-order chi connectivity index (χ0) is 26.1. The predicted molar refractivity (Wildman–Crippen MR) is 148 cm³/mol. The van der Waals surface area contributed by atoms with Gasteiger partial charge in [-0.2, -0.15) is 0 Å². The third kappa shape index (κ3) is 5.03. The summed E-state index contributed by atoms with van der Waals surface area (Å²) in [5, 5.41) is 3.18. The monoisotopic (exact) mass is 512 g/mol. The van der Waals surface area contributed by atoms with Crippen molar-refractivity contribution in [1.82, 2.24) is 9.47 Å². The Hall–Kier alpha value is -3.87. The number of carbonyl (C=O) groups is 2. The maximum absolute atomic E-state index is 13.9. The second-order valence-electron chi connectivity index (χ2n) is 9.62. The number of para-hydroxylation sites is 1. The summed E-state index contributed by atoms with van der Waals surface area (Å²) in [6.07, 6.45) is 0. The molecule has 3 aromatic carbocycles. The highest BCUT2D eigenvalue weighted by molar-refractivity contribution is 6.35. The van der Waals surface area contributed by atoms with E-state index >= 15 is 0 Å². The molecule has 1 N–H and O–H groups in total. The first-order valence-electron chi connectivity index (χ1n) is 12.2. The predicted octanol–water partition coefficient (Wildman–Crippen LogP) is 5.97. The van der Waals surface area contributed by atoms with Crippen LogP contribution >= 0.6 is 11.6 Å². The summed E-state index contributed by atoms with van der Waals surface area (Å²) in [6.45, 7) is 3.84. The van der Waals surface area contributed by atoms with Gasteiger partial charge in [0.15, 0.2) is 0 Å². The zero-order valence-corrected chi connectivity index (χ0v) is 21.9. The number of hydrogen-bond donors (Lipinski definition) is 1. The minimum atomic E-state index is -0.219. The summed E-state index contributed by atoms with van der Waals surface area (Å²) in [5.41, 5.74) is 6.62. The summed E-state index contributed by atoms with van der Waals surface area (Å²) in [4.78, 5) is 30.5. The van der Waals surface area contributed by atoms with Crippen LogP contribution in [0.3, 0.4) is 0 Å². The molecule has 37 heavy (non-hydrogen) atoms. The van der Waals surface area contributed by atoms with Crippen molar-refractivity contribution < 1.29 is 9.59 Å². The summed E-state index contributed by atoms with van der Waals surface area (Å²) >= 11 is 6.62. The average Bonchev–Trinajstić information content (AvgIpc) is 3.13. The molecule has 0 fully saturated rings. The smallest absolute Gasteiger partial charge is 0.260 e. The topological polar surface area (TPSA) is 57.6 Å². The number of anilines is 2. The van der Waals surface area contributed by atoms with Crippen LogP contribution in [0.1, 0.15) is 43.2 Å². The maximum Gasteiger partial charge on any atom is 0.260 e. The number of carbonyl (C=O) groups excluding carboxylic acids is 2. The van der Waals surface area contributed by atoms with Crippen LogP contribution in [0.25, 0.3) is 0 Å². The molecule has 0 atom stereocenters. The molecular formula is C30H29ClN4O2.